The predicted octanol–water partition coefficient (Wildman–Crippen LogP) is 5.47. The first-order valence-electron chi connectivity index (χ1n) is 12.2. The van der Waals surface area contributed by atoms with Crippen molar-refractivity contribution in [3.8, 4) is 22.9 Å². The number of imidazole rings is 1. The maximum atomic E-state index is 15.1. The van der Waals surface area contributed by atoms with Gasteiger partial charge in [-0.25, -0.2) is 24.3 Å². The molecular weight excluding hydrogens is 483 g/mol. The summed E-state index contributed by atoms with van der Waals surface area (Å²) in [5.41, 5.74) is 4.07. The number of nitrogens with one attached hydrogen (secondary N) is 1. The summed E-state index contributed by atoms with van der Waals surface area (Å²) < 4.78 is 21.2. The normalized spacial score (nSPS) is 14.5. The van der Waals surface area contributed by atoms with E-state index in [1.807, 2.05) is 44.2 Å². The predicted molar refractivity (Wildman–Crippen MR) is 141 cm³/mol. The topological polar surface area (TPSA) is 96.9 Å². The van der Waals surface area contributed by atoms with Crippen LogP contribution in [-0.4, -0.2) is 49.8 Å². The van der Waals surface area contributed by atoms with Gasteiger partial charge in [0.1, 0.15) is 5.82 Å². The van der Waals surface area contributed by atoms with Crippen LogP contribution < -0.4 is 4.74 Å². The van der Waals surface area contributed by atoms with E-state index in [4.69, 9.17) is 14.7 Å². The lowest BCUT2D eigenvalue weighted by molar-refractivity contribution is 0.0827. The average molecular weight is 509 g/mol. The third kappa shape index (κ3) is 3.78. The van der Waals surface area contributed by atoms with Crippen molar-refractivity contribution >= 4 is 17.2 Å². The van der Waals surface area contributed by atoms with E-state index in [1.165, 1.54) is 11.0 Å². The number of pyridine rings is 1. The van der Waals surface area contributed by atoms with Gasteiger partial charge in [-0.1, -0.05) is 44.2 Å². The molecule has 8 nitrogen and oxygen atoms in total. The number of halogens is 1. The molecule has 5 aromatic rings. The first kappa shape index (κ1) is 23.7. The summed E-state index contributed by atoms with van der Waals surface area (Å²) in [6.45, 7) is 4.10. The first-order valence-corrected chi connectivity index (χ1v) is 12.2. The summed E-state index contributed by atoms with van der Waals surface area (Å²) in [5, 5.41) is 0. The fourth-order valence-electron chi connectivity index (χ4n) is 5.05. The van der Waals surface area contributed by atoms with Crippen LogP contribution in [0.1, 0.15) is 47.1 Å². The molecular formula is C29H25FN6O2. The number of para-hydroxylation sites is 1. The van der Waals surface area contributed by atoms with Gasteiger partial charge in [-0.05, 0) is 24.3 Å². The smallest absolute Gasteiger partial charge is 0.253 e. The second kappa shape index (κ2) is 8.72. The van der Waals surface area contributed by atoms with Gasteiger partial charge in [-0.15, -0.1) is 0 Å². The van der Waals surface area contributed by atoms with Gasteiger partial charge in [0.05, 0.1) is 5.69 Å². The quantitative estimate of drug-likeness (QED) is 0.346. The number of aromatic amines is 1. The summed E-state index contributed by atoms with van der Waals surface area (Å²) in [4.78, 5) is 35.3. The van der Waals surface area contributed by atoms with E-state index in [9.17, 15) is 4.79 Å². The summed E-state index contributed by atoms with van der Waals surface area (Å²) in [7, 11) is 3.43. The lowest BCUT2D eigenvalue weighted by atomic mass is 9.69. The molecule has 1 atom stereocenters. The van der Waals surface area contributed by atoms with Gasteiger partial charge in [0.2, 0.25) is 5.88 Å². The number of carbonyl (C=O) groups excluding carboxylic acids is 1. The van der Waals surface area contributed by atoms with Crippen LogP contribution in [-0.2, 0) is 5.41 Å². The minimum absolute atomic E-state index is 0.0774. The summed E-state index contributed by atoms with van der Waals surface area (Å²) in [5.74, 6) is 0.309. The van der Waals surface area contributed by atoms with Crippen LogP contribution in [0.2, 0.25) is 0 Å². The van der Waals surface area contributed by atoms with Crippen molar-refractivity contribution in [2.24, 2.45) is 0 Å². The van der Waals surface area contributed by atoms with Gasteiger partial charge in [0.25, 0.3) is 5.91 Å². The maximum absolute atomic E-state index is 15.1. The SMILES string of the molecule is CN(C)C(=O)c1ccc(-c2ccc3c(n2)Oc2c(F)cccc2[C@@H]3C(C)(C)c2nc3nccnc3[nH]2)cc1. The largest absolute Gasteiger partial charge is 0.435 e. The molecule has 4 heterocycles. The van der Waals surface area contributed by atoms with E-state index >= 15 is 4.39 Å². The summed E-state index contributed by atoms with van der Waals surface area (Å²) in [6, 6.07) is 16.1. The van der Waals surface area contributed by atoms with E-state index in [0.717, 1.165) is 11.1 Å². The third-order valence-corrected chi connectivity index (χ3v) is 7.01. The fraction of sp³-hybridized carbons (Fsp3) is 0.207. The Hall–Kier alpha value is -4.66. The number of H-pyrrole nitrogens is 1. The van der Waals surface area contributed by atoms with Crippen LogP contribution in [0.15, 0.2) is 67.0 Å². The Labute approximate surface area is 218 Å². The van der Waals surface area contributed by atoms with E-state index in [-0.39, 0.29) is 17.6 Å². The molecule has 1 amide bonds. The molecule has 3 aromatic heterocycles. The van der Waals surface area contributed by atoms with Crippen molar-refractivity contribution in [3.63, 3.8) is 0 Å². The van der Waals surface area contributed by atoms with E-state index in [1.54, 1.807) is 44.7 Å². The molecule has 2 aromatic carbocycles. The number of aromatic nitrogens is 5. The second-order valence-electron chi connectivity index (χ2n) is 10.1. The number of hydrogen-bond donors (Lipinski definition) is 1. The van der Waals surface area contributed by atoms with E-state index in [0.29, 0.717) is 39.8 Å². The van der Waals surface area contributed by atoms with Crippen molar-refractivity contribution in [2.75, 3.05) is 14.1 Å². The fourth-order valence-corrected chi connectivity index (χ4v) is 5.05. The van der Waals surface area contributed by atoms with Gasteiger partial charge in [0, 0.05) is 60.1 Å². The Bertz CT molecular complexity index is 1660. The Kier molecular flexibility index (Phi) is 5.45. The number of fused-ring (bicyclic) bond motifs is 3. The minimum Gasteiger partial charge on any atom is -0.435 e. The molecule has 0 saturated carbocycles. The number of nitrogens with zero attached hydrogens (tertiary/aromatic N) is 5. The molecule has 1 aliphatic heterocycles. The molecule has 1 N–H and O–H groups in total. The molecule has 38 heavy (non-hydrogen) atoms. The van der Waals surface area contributed by atoms with Crippen LogP contribution in [0.25, 0.3) is 22.6 Å². The molecule has 0 aliphatic carbocycles. The van der Waals surface area contributed by atoms with Crippen LogP contribution in [0.4, 0.5) is 4.39 Å². The zero-order valence-electron chi connectivity index (χ0n) is 21.4. The lowest BCUT2D eigenvalue weighted by Crippen LogP contribution is -2.32. The van der Waals surface area contributed by atoms with Crippen LogP contribution >= 0.6 is 0 Å². The van der Waals surface area contributed by atoms with E-state index < -0.39 is 11.2 Å². The molecule has 0 bridgehead atoms. The summed E-state index contributed by atoms with van der Waals surface area (Å²) >= 11 is 0. The van der Waals surface area contributed by atoms with Crippen LogP contribution in [0.5, 0.6) is 11.6 Å². The van der Waals surface area contributed by atoms with Crippen molar-refractivity contribution in [1.82, 2.24) is 29.8 Å². The zero-order valence-corrected chi connectivity index (χ0v) is 21.4. The number of hydrogen-bond acceptors (Lipinski definition) is 6. The number of rotatable bonds is 4. The molecule has 0 spiro atoms. The second-order valence-corrected chi connectivity index (χ2v) is 10.1. The van der Waals surface area contributed by atoms with Crippen molar-refractivity contribution in [1.29, 1.82) is 0 Å². The Balaban J connectivity index is 1.46. The Morgan fingerprint density at radius 3 is 2.47 bits per heavy atom. The molecule has 0 fully saturated rings. The number of ether oxygens (including phenoxy) is 1. The Morgan fingerprint density at radius 1 is 0.974 bits per heavy atom. The molecule has 0 saturated heterocycles. The monoisotopic (exact) mass is 508 g/mol. The molecule has 6 rings (SSSR count). The Morgan fingerprint density at radius 2 is 1.74 bits per heavy atom. The molecule has 0 radical (unpaired) electrons. The maximum Gasteiger partial charge on any atom is 0.253 e. The van der Waals surface area contributed by atoms with Gasteiger partial charge in [-0.3, -0.25) is 4.79 Å². The third-order valence-electron chi connectivity index (χ3n) is 7.01. The van der Waals surface area contributed by atoms with Crippen molar-refractivity contribution in [3.05, 3.63) is 95.3 Å². The van der Waals surface area contributed by atoms with Crippen molar-refractivity contribution in [2.45, 2.75) is 25.2 Å². The average Bonchev–Trinajstić information content (AvgIpc) is 3.37. The highest BCUT2D eigenvalue weighted by Gasteiger charge is 2.43. The molecule has 190 valence electrons. The number of amides is 1. The lowest BCUT2D eigenvalue weighted by Gasteiger charge is -2.37. The minimum atomic E-state index is -0.624. The van der Waals surface area contributed by atoms with Crippen LogP contribution in [0, 0.1) is 5.82 Å². The van der Waals surface area contributed by atoms with Crippen molar-refractivity contribution < 1.29 is 13.9 Å². The van der Waals surface area contributed by atoms with Crippen LogP contribution in [0.3, 0.4) is 0 Å². The highest BCUT2D eigenvalue weighted by Crippen LogP contribution is 2.52. The first-order chi connectivity index (χ1) is 18.2. The van der Waals surface area contributed by atoms with Gasteiger partial charge >= 0.3 is 0 Å². The standard InChI is InChI=1S/C29H25FN6O2/c1-29(2,28-34-24-25(35-28)32-15-14-31-24)22-18-6-5-7-20(30)23(18)38-26-19(22)12-13-21(33-26)16-8-10-17(11-9-16)27(37)36(3)4/h5-15,22H,1-4H3,(H,31,32,34,35)/t22-/m0/s1. The molecule has 1 aliphatic rings. The van der Waals surface area contributed by atoms with E-state index in [2.05, 4.69) is 15.0 Å². The highest BCUT2D eigenvalue weighted by atomic mass is 19.1. The number of carbonyl (C=O) groups is 1. The molecule has 9 heteroatoms. The number of benzene rings is 2. The summed E-state index contributed by atoms with van der Waals surface area (Å²) in [6.07, 6.45) is 3.21. The van der Waals surface area contributed by atoms with Gasteiger partial charge in [-0.2, -0.15) is 0 Å². The highest BCUT2D eigenvalue weighted by molar-refractivity contribution is 5.94. The molecule has 0 unspecified atom stereocenters. The van der Waals surface area contributed by atoms with Gasteiger partial charge in [0.15, 0.2) is 22.9 Å². The zero-order chi connectivity index (χ0) is 26.6. The van der Waals surface area contributed by atoms with Gasteiger partial charge < -0.3 is 14.6 Å².